The molecule has 110 valence electrons. The number of carbonyl (C=O) groups is 1. The summed E-state index contributed by atoms with van der Waals surface area (Å²) in [6.07, 6.45) is 0. The third-order valence-corrected chi connectivity index (χ3v) is 3.20. The molecule has 0 aliphatic heterocycles. The molecule has 1 amide bonds. The minimum absolute atomic E-state index is 0.0711. The molecule has 21 heavy (non-hydrogen) atoms. The minimum Gasteiger partial charge on any atom is -0.381 e. The van der Waals surface area contributed by atoms with E-state index >= 15 is 0 Å². The molecule has 0 aliphatic rings. The summed E-state index contributed by atoms with van der Waals surface area (Å²) >= 11 is 0. The van der Waals surface area contributed by atoms with Crippen LogP contribution < -0.4 is 10.6 Å². The Morgan fingerprint density at radius 3 is 2.48 bits per heavy atom. The molecule has 0 bridgehead atoms. The third-order valence-electron chi connectivity index (χ3n) is 3.20. The van der Waals surface area contributed by atoms with Crippen LogP contribution in [0.2, 0.25) is 0 Å². The fourth-order valence-corrected chi connectivity index (χ4v) is 2.02. The SMILES string of the molecule is CCNC(=O)c1ccc(NCc2ccc(F)c(C)c2)cc1. The number of hydrogen-bond donors (Lipinski definition) is 2. The number of nitrogens with one attached hydrogen (secondary N) is 2. The number of hydrogen-bond acceptors (Lipinski definition) is 2. The molecule has 2 N–H and O–H groups in total. The van der Waals surface area contributed by atoms with Gasteiger partial charge in [-0.3, -0.25) is 4.79 Å². The lowest BCUT2D eigenvalue weighted by Crippen LogP contribution is -2.22. The number of carbonyl (C=O) groups excluding carboxylic acids is 1. The van der Waals surface area contributed by atoms with Gasteiger partial charge in [0.2, 0.25) is 0 Å². The second kappa shape index (κ2) is 6.88. The maximum absolute atomic E-state index is 13.2. The van der Waals surface area contributed by atoms with Gasteiger partial charge in [-0.25, -0.2) is 4.39 Å². The molecule has 4 heteroatoms. The van der Waals surface area contributed by atoms with Gasteiger partial charge in [0.05, 0.1) is 0 Å². The average molecular weight is 286 g/mol. The molecule has 2 aromatic carbocycles. The van der Waals surface area contributed by atoms with E-state index in [1.54, 1.807) is 25.1 Å². The summed E-state index contributed by atoms with van der Waals surface area (Å²) in [7, 11) is 0. The average Bonchev–Trinajstić information content (AvgIpc) is 2.49. The monoisotopic (exact) mass is 286 g/mol. The van der Waals surface area contributed by atoms with E-state index in [-0.39, 0.29) is 11.7 Å². The molecule has 0 radical (unpaired) electrons. The Bertz CT molecular complexity index is 623. The van der Waals surface area contributed by atoms with Gasteiger partial charge in [0.15, 0.2) is 0 Å². The number of anilines is 1. The summed E-state index contributed by atoms with van der Waals surface area (Å²) in [5, 5.41) is 6.01. The van der Waals surface area contributed by atoms with E-state index in [2.05, 4.69) is 10.6 Å². The van der Waals surface area contributed by atoms with Gasteiger partial charge in [0, 0.05) is 24.3 Å². The van der Waals surface area contributed by atoms with E-state index in [4.69, 9.17) is 0 Å². The summed E-state index contributed by atoms with van der Waals surface area (Å²) in [5.41, 5.74) is 3.22. The Kier molecular flexibility index (Phi) is 4.93. The third kappa shape index (κ3) is 4.05. The predicted octanol–water partition coefficient (Wildman–Crippen LogP) is 3.50. The first-order valence-corrected chi connectivity index (χ1v) is 6.97. The number of benzene rings is 2. The Hall–Kier alpha value is -2.36. The Morgan fingerprint density at radius 1 is 1.14 bits per heavy atom. The van der Waals surface area contributed by atoms with Gasteiger partial charge in [-0.15, -0.1) is 0 Å². The largest absolute Gasteiger partial charge is 0.381 e. The predicted molar refractivity (Wildman–Crippen MR) is 82.9 cm³/mol. The number of aryl methyl sites for hydroxylation is 1. The molecule has 0 aliphatic carbocycles. The zero-order chi connectivity index (χ0) is 15.2. The summed E-state index contributed by atoms with van der Waals surface area (Å²) in [5.74, 6) is -0.261. The van der Waals surface area contributed by atoms with Crippen molar-refractivity contribution >= 4 is 11.6 Å². The molecular formula is C17H19FN2O. The van der Waals surface area contributed by atoms with E-state index in [0.29, 0.717) is 24.2 Å². The van der Waals surface area contributed by atoms with Crippen molar-refractivity contribution in [2.75, 3.05) is 11.9 Å². The Balaban J connectivity index is 1.97. The number of amides is 1. The molecule has 0 unspecified atom stereocenters. The van der Waals surface area contributed by atoms with Gasteiger partial charge in [-0.05, 0) is 55.3 Å². The van der Waals surface area contributed by atoms with Gasteiger partial charge in [0.1, 0.15) is 5.82 Å². The maximum Gasteiger partial charge on any atom is 0.251 e. The van der Waals surface area contributed by atoms with Crippen molar-refractivity contribution in [2.45, 2.75) is 20.4 Å². The summed E-state index contributed by atoms with van der Waals surface area (Å²) < 4.78 is 13.2. The molecule has 0 saturated carbocycles. The van der Waals surface area contributed by atoms with Crippen LogP contribution in [0.4, 0.5) is 10.1 Å². The smallest absolute Gasteiger partial charge is 0.251 e. The summed E-state index contributed by atoms with van der Waals surface area (Å²) in [4.78, 5) is 11.6. The maximum atomic E-state index is 13.2. The van der Waals surface area contributed by atoms with Crippen LogP contribution in [-0.4, -0.2) is 12.5 Å². The lowest BCUT2D eigenvalue weighted by molar-refractivity contribution is 0.0956. The van der Waals surface area contributed by atoms with Gasteiger partial charge in [-0.1, -0.05) is 12.1 Å². The molecular weight excluding hydrogens is 267 g/mol. The van der Waals surface area contributed by atoms with E-state index in [1.165, 1.54) is 6.07 Å². The van der Waals surface area contributed by atoms with Crippen LogP contribution in [0.3, 0.4) is 0 Å². The standard InChI is InChI=1S/C17H19FN2O/c1-3-19-17(21)14-5-7-15(8-6-14)20-11-13-4-9-16(18)12(2)10-13/h4-10,20H,3,11H2,1-2H3,(H,19,21). The van der Waals surface area contributed by atoms with Gasteiger partial charge in [-0.2, -0.15) is 0 Å². The highest BCUT2D eigenvalue weighted by molar-refractivity contribution is 5.94. The highest BCUT2D eigenvalue weighted by Crippen LogP contribution is 2.13. The van der Waals surface area contributed by atoms with Crippen molar-refractivity contribution in [3.8, 4) is 0 Å². The summed E-state index contributed by atoms with van der Waals surface area (Å²) in [6.45, 7) is 4.86. The summed E-state index contributed by atoms with van der Waals surface area (Å²) in [6, 6.07) is 12.3. The van der Waals surface area contributed by atoms with Crippen LogP contribution in [-0.2, 0) is 6.54 Å². The molecule has 0 aromatic heterocycles. The first-order chi connectivity index (χ1) is 10.1. The van der Waals surface area contributed by atoms with Crippen LogP contribution in [0.25, 0.3) is 0 Å². The lowest BCUT2D eigenvalue weighted by atomic mass is 10.1. The Labute approximate surface area is 124 Å². The van der Waals surface area contributed by atoms with E-state index < -0.39 is 0 Å². The molecule has 0 fully saturated rings. The lowest BCUT2D eigenvalue weighted by Gasteiger charge is -2.08. The van der Waals surface area contributed by atoms with Crippen molar-refractivity contribution < 1.29 is 9.18 Å². The molecule has 3 nitrogen and oxygen atoms in total. The second-order valence-corrected chi connectivity index (χ2v) is 4.87. The zero-order valence-corrected chi connectivity index (χ0v) is 12.2. The molecule has 2 rings (SSSR count). The normalized spacial score (nSPS) is 10.2. The molecule has 0 atom stereocenters. The highest BCUT2D eigenvalue weighted by atomic mass is 19.1. The first-order valence-electron chi connectivity index (χ1n) is 6.97. The second-order valence-electron chi connectivity index (χ2n) is 4.87. The quantitative estimate of drug-likeness (QED) is 0.883. The molecule has 0 saturated heterocycles. The van der Waals surface area contributed by atoms with Gasteiger partial charge >= 0.3 is 0 Å². The number of rotatable bonds is 5. The van der Waals surface area contributed by atoms with E-state index in [0.717, 1.165) is 11.3 Å². The number of halogens is 1. The molecule has 2 aromatic rings. The van der Waals surface area contributed by atoms with Crippen molar-refractivity contribution in [2.24, 2.45) is 0 Å². The van der Waals surface area contributed by atoms with Crippen LogP contribution in [0.15, 0.2) is 42.5 Å². The van der Waals surface area contributed by atoms with Gasteiger partial charge in [0.25, 0.3) is 5.91 Å². The van der Waals surface area contributed by atoms with E-state index in [1.807, 2.05) is 25.1 Å². The topological polar surface area (TPSA) is 41.1 Å². The van der Waals surface area contributed by atoms with Gasteiger partial charge < -0.3 is 10.6 Å². The van der Waals surface area contributed by atoms with E-state index in [9.17, 15) is 9.18 Å². The fraction of sp³-hybridized carbons (Fsp3) is 0.235. The van der Waals surface area contributed by atoms with Crippen molar-refractivity contribution in [3.05, 3.63) is 65.0 Å². The molecule has 0 spiro atoms. The Morgan fingerprint density at radius 2 is 1.86 bits per heavy atom. The zero-order valence-electron chi connectivity index (χ0n) is 12.2. The first kappa shape index (κ1) is 15.0. The van der Waals surface area contributed by atoms with Crippen LogP contribution >= 0.6 is 0 Å². The van der Waals surface area contributed by atoms with Crippen LogP contribution in [0, 0.1) is 12.7 Å². The van der Waals surface area contributed by atoms with Crippen LogP contribution in [0.1, 0.15) is 28.4 Å². The molecule has 0 heterocycles. The highest BCUT2D eigenvalue weighted by Gasteiger charge is 2.03. The van der Waals surface area contributed by atoms with Crippen molar-refractivity contribution in [3.63, 3.8) is 0 Å². The fourth-order valence-electron chi connectivity index (χ4n) is 2.02. The minimum atomic E-state index is -0.190. The van der Waals surface area contributed by atoms with Crippen molar-refractivity contribution in [1.82, 2.24) is 5.32 Å². The van der Waals surface area contributed by atoms with Crippen molar-refractivity contribution in [1.29, 1.82) is 0 Å². The van der Waals surface area contributed by atoms with Crippen LogP contribution in [0.5, 0.6) is 0 Å².